The molecule has 0 unspecified atom stereocenters. The molecule has 0 aliphatic carbocycles. The van der Waals surface area contributed by atoms with Gasteiger partial charge in [-0.15, -0.1) is 0 Å². The average Bonchev–Trinajstić information content (AvgIpc) is 2.14. The standard InChI is InChI=1S/C10H13FN2O/c1-3-4-5-6-10(11)13-9(7-12)8(2)14/h6,14H,2-5H2,1H3/b10-6-,13-9-. The number of halogens is 1. The maximum atomic E-state index is 12.9. The van der Waals surface area contributed by atoms with Gasteiger partial charge in [0.1, 0.15) is 11.8 Å². The Balaban J connectivity index is 4.40. The Morgan fingerprint density at radius 1 is 1.71 bits per heavy atom. The van der Waals surface area contributed by atoms with Crippen molar-refractivity contribution in [1.29, 1.82) is 5.26 Å². The van der Waals surface area contributed by atoms with Crippen molar-refractivity contribution in [1.82, 2.24) is 0 Å². The van der Waals surface area contributed by atoms with Gasteiger partial charge in [-0.2, -0.15) is 9.65 Å². The molecule has 0 aromatic heterocycles. The zero-order chi connectivity index (χ0) is 11.0. The molecule has 1 N–H and O–H groups in total. The van der Waals surface area contributed by atoms with Gasteiger partial charge in [-0.3, -0.25) is 0 Å². The van der Waals surface area contributed by atoms with Crippen LogP contribution in [0.2, 0.25) is 0 Å². The van der Waals surface area contributed by atoms with E-state index in [1.165, 1.54) is 6.08 Å². The summed E-state index contributed by atoms with van der Waals surface area (Å²) in [7, 11) is 0. The van der Waals surface area contributed by atoms with Gasteiger partial charge in [-0.25, -0.2) is 4.99 Å². The number of aliphatic imine (C=N–C) groups is 1. The molecule has 0 aromatic carbocycles. The number of hydrogen-bond donors (Lipinski definition) is 1. The summed E-state index contributed by atoms with van der Waals surface area (Å²) in [5.41, 5.74) is -0.393. The van der Waals surface area contributed by atoms with Crippen molar-refractivity contribution < 1.29 is 9.50 Å². The van der Waals surface area contributed by atoms with Gasteiger partial charge in [-0.05, 0) is 18.9 Å². The Morgan fingerprint density at radius 3 is 2.79 bits per heavy atom. The lowest BCUT2D eigenvalue weighted by Crippen LogP contribution is -1.96. The Hall–Kier alpha value is -1.63. The molecule has 0 fully saturated rings. The number of rotatable bonds is 5. The van der Waals surface area contributed by atoms with E-state index in [1.807, 2.05) is 6.92 Å². The molecule has 0 rings (SSSR count). The number of hydrogen-bond acceptors (Lipinski definition) is 3. The van der Waals surface area contributed by atoms with Crippen LogP contribution in [0.4, 0.5) is 4.39 Å². The minimum atomic E-state index is -0.759. The van der Waals surface area contributed by atoms with Gasteiger partial charge in [0.15, 0.2) is 5.71 Å². The van der Waals surface area contributed by atoms with Crippen molar-refractivity contribution in [3.63, 3.8) is 0 Å². The Labute approximate surface area is 82.9 Å². The number of aliphatic hydroxyl groups excluding tert-OH is 1. The van der Waals surface area contributed by atoms with E-state index in [0.29, 0.717) is 6.42 Å². The summed E-state index contributed by atoms with van der Waals surface area (Å²) in [6.07, 6.45) is 3.68. The van der Waals surface area contributed by atoms with E-state index in [0.717, 1.165) is 12.8 Å². The highest BCUT2D eigenvalue weighted by Gasteiger charge is 2.01. The zero-order valence-electron chi connectivity index (χ0n) is 8.13. The first-order valence-corrected chi connectivity index (χ1v) is 4.34. The third-order valence-corrected chi connectivity index (χ3v) is 1.47. The minimum Gasteiger partial charge on any atom is -0.506 e. The van der Waals surface area contributed by atoms with Crippen LogP contribution in [0.15, 0.2) is 29.4 Å². The quantitative estimate of drug-likeness (QED) is 0.318. The molecule has 14 heavy (non-hydrogen) atoms. The molecule has 0 aromatic rings. The lowest BCUT2D eigenvalue weighted by molar-refractivity contribution is 0.446. The van der Waals surface area contributed by atoms with Crippen LogP contribution in [-0.2, 0) is 0 Å². The van der Waals surface area contributed by atoms with Gasteiger partial charge in [0, 0.05) is 0 Å². The molecule has 0 spiro atoms. The fourth-order valence-electron chi connectivity index (χ4n) is 0.732. The van der Waals surface area contributed by atoms with Crippen LogP contribution in [0.1, 0.15) is 26.2 Å². The van der Waals surface area contributed by atoms with Gasteiger partial charge >= 0.3 is 0 Å². The maximum absolute atomic E-state index is 12.9. The van der Waals surface area contributed by atoms with E-state index in [-0.39, 0.29) is 0 Å². The third kappa shape index (κ3) is 5.09. The van der Waals surface area contributed by atoms with Crippen molar-refractivity contribution in [2.45, 2.75) is 26.2 Å². The minimum absolute atomic E-state index is 0.393. The Kier molecular flexibility index (Phi) is 6.04. The summed E-state index contributed by atoms with van der Waals surface area (Å²) in [5.74, 6) is -1.28. The summed E-state index contributed by atoms with van der Waals surface area (Å²) >= 11 is 0. The van der Waals surface area contributed by atoms with Crippen LogP contribution in [0.5, 0.6) is 0 Å². The first-order chi connectivity index (χ1) is 6.61. The van der Waals surface area contributed by atoms with Gasteiger partial charge in [0.05, 0.1) is 0 Å². The zero-order valence-corrected chi connectivity index (χ0v) is 8.13. The lowest BCUT2D eigenvalue weighted by Gasteiger charge is -1.93. The van der Waals surface area contributed by atoms with Crippen LogP contribution in [0, 0.1) is 11.3 Å². The van der Waals surface area contributed by atoms with E-state index in [4.69, 9.17) is 10.4 Å². The number of unbranched alkanes of at least 4 members (excludes halogenated alkanes) is 2. The predicted octanol–water partition coefficient (Wildman–Crippen LogP) is 3.02. The molecule has 0 atom stereocenters. The SMILES string of the molecule is C=C(O)/C(C#N)=N\C(F)=C/CCCC. The summed E-state index contributed by atoms with van der Waals surface area (Å²) in [5, 5.41) is 17.2. The maximum Gasteiger partial charge on any atom is 0.210 e. The second-order valence-corrected chi connectivity index (χ2v) is 2.69. The fourth-order valence-corrected chi connectivity index (χ4v) is 0.732. The van der Waals surface area contributed by atoms with Crippen molar-refractivity contribution >= 4 is 5.71 Å². The normalized spacial score (nSPS) is 12.4. The highest BCUT2D eigenvalue weighted by molar-refractivity contribution is 6.09. The van der Waals surface area contributed by atoms with Crippen molar-refractivity contribution in [2.75, 3.05) is 0 Å². The molecule has 0 aliphatic rings. The summed E-state index contributed by atoms with van der Waals surface area (Å²) in [6, 6.07) is 1.54. The van der Waals surface area contributed by atoms with E-state index < -0.39 is 17.4 Å². The van der Waals surface area contributed by atoms with Crippen LogP contribution in [0.3, 0.4) is 0 Å². The van der Waals surface area contributed by atoms with E-state index in [2.05, 4.69) is 11.6 Å². The van der Waals surface area contributed by atoms with Crippen molar-refractivity contribution in [3.05, 3.63) is 24.4 Å². The number of nitriles is 1. The van der Waals surface area contributed by atoms with Crippen LogP contribution < -0.4 is 0 Å². The average molecular weight is 196 g/mol. The smallest absolute Gasteiger partial charge is 0.210 e. The van der Waals surface area contributed by atoms with Crippen LogP contribution in [-0.4, -0.2) is 10.8 Å². The first kappa shape index (κ1) is 12.4. The second kappa shape index (κ2) is 6.84. The van der Waals surface area contributed by atoms with Gasteiger partial charge in [0.25, 0.3) is 0 Å². The second-order valence-electron chi connectivity index (χ2n) is 2.69. The summed E-state index contributed by atoms with van der Waals surface area (Å²) in [6.45, 7) is 5.08. The molecule has 0 heterocycles. The highest BCUT2D eigenvalue weighted by Crippen LogP contribution is 2.05. The predicted molar refractivity (Wildman–Crippen MR) is 53.5 cm³/mol. The fraction of sp³-hybridized carbons (Fsp3) is 0.400. The molecular weight excluding hydrogens is 183 g/mol. The van der Waals surface area contributed by atoms with E-state index >= 15 is 0 Å². The number of aliphatic hydroxyl groups is 1. The van der Waals surface area contributed by atoms with Gasteiger partial charge in [0.2, 0.25) is 5.95 Å². The molecule has 0 saturated carbocycles. The number of allylic oxidation sites excluding steroid dienone is 2. The molecular formula is C10H13FN2O. The molecule has 0 bridgehead atoms. The molecule has 3 nitrogen and oxygen atoms in total. The molecule has 0 amide bonds. The topological polar surface area (TPSA) is 56.4 Å². The van der Waals surface area contributed by atoms with Crippen molar-refractivity contribution in [2.24, 2.45) is 4.99 Å². The van der Waals surface area contributed by atoms with Crippen LogP contribution >= 0.6 is 0 Å². The van der Waals surface area contributed by atoms with Crippen LogP contribution in [0.25, 0.3) is 0 Å². The Morgan fingerprint density at radius 2 is 2.36 bits per heavy atom. The van der Waals surface area contributed by atoms with Gasteiger partial charge in [-0.1, -0.05) is 19.9 Å². The molecule has 76 valence electrons. The third-order valence-electron chi connectivity index (χ3n) is 1.47. The molecule has 0 radical (unpaired) electrons. The molecule has 4 heteroatoms. The van der Waals surface area contributed by atoms with Gasteiger partial charge < -0.3 is 5.11 Å². The summed E-state index contributed by atoms with van der Waals surface area (Å²) < 4.78 is 12.9. The largest absolute Gasteiger partial charge is 0.506 e. The van der Waals surface area contributed by atoms with E-state index in [9.17, 15) is 4.39 Å². The molecule has 0 saturated heterocycles. The van der Waals surface area contributed by atoms with Crippen molar-refractivity contribution in [3.8, 4) is 6.07 Å². The highest BCUT2D eigenvalue weighted by atomic mass is 19.1. The molecule has 0 aliphatic heterocycles. The monoisotopic (exact) mass is 196 g/mol. The lowest BCUT2D eigenvalue weighted by atomic mass is 10.2. The Bertz CT molecular complexity index is 300. The van der Waals surface area contributed by atoms with E-state index in [1.54, 1.807) is 6.07 Å². The summed E-state index contributed by atoms with van der Waals surface area (Å²) in [4.78, 5) is 3.27. The number of nitrogens with zero attached hydrogens (tertiary/aromatic N) is 2. The first-order valence-electron chi connectivity index (χ1n) is 4.34.